The summed E-state index contributed by atoms with van der Waals surface area (Å²) < 4.78 is 4.45. The smallest absolute Gasteiger partial charge is 0.339 e. The molecular formula is C9H13NO4. The molecule has 0 bridgehead atoms. The van der Waals surface area contributed by atoms with Crippen LogP contribution in [0.15, 0.2) is 11.3 Å². The van der Waals surface area contributed by atoms with Gasteiger partial charge in [-0.2, -0.15) is 0 Å². The van der Waals surface area contributed by atoms with Gasteiger partial charge >= 0.3 is 5.97 Å². The number of hydrogen-bond acceptors (Lipinski definition) is 4. The molecule has 0 radical (unpaired) electrons. The average Bonchev–Trinajstić information content (AvgIpc) is 2.43. The highest BCUT2D eigenvalue weighted by Gasteiger charge is 2.35. The highest BCUT2D eigenvalue weighted by Crippen LogP contribution is 2.19. The summed E-state index contributed by atoms with van der Waals surface area (Å²) in [5.41, 5.74) is 0.0335. The number of aliphatic hydroxyl groups is 1. The number of esters is 1. The molecular weight excluding hydrogens is 186 g/mol. The molecule has 1 aliphatic heterocycles. The molecule has 0 aromatic rings. The molecule has 0 aromatic heterocycles. The van der Waals surface area contributed by atoms with Crippen molar-refractivity contribution in [3.63, 3.8) is 0 Å². The van der Waals surface area contributed by atoms with Gasteiger partial charge in [0.05, 0.1) is 13.7 Å². The standard InChI is InChI=1S/C9H13NO4/c1-5(2)10-4-6(9(13)14-3)7(11)8(10)12/h5,11H,4H2,1-3H3. The van der Waals surface area contributed by atoms with Gasteiger partial charge in [-0.15, -0.1) is 0 Å². The molecule has 1 heterocycles. The molecule has 1 N–H and O–H groups in total. The zero-order valence-corrected chi connectivity index (χ0v) is 8.40. The van der Waals surface area contributed by atoms with E-state index in [1.54, 1.807) is 0 Å². The lowest BCUT2D eigenvalue weighted by Gasteiger charge is -2.20. The zero-order valence-electron chi connectivity index (χ0n) is 8.40. The maximum absolute atomic E-state index is 11.4. The van der Waals surface area contributed by atoms with Crippen LogP contribution in [-0.2, 0) is 14.3 Å². The van der Waals surface area contributed by atoms with E-state index in [0.29, 0.717) is 0 Å². The fourth-order valence-electron chi connectivity index (χ4n) is 1.28. The SMILES string of the molecule is COC(=O)C1=C(O)C(=O)N(C(C)C)C1. The Labute approximate surface area is 82.0 Å². The summed E-state index contributed by atoms with van der Waals surface area (Å²) in [6.45, 7) is 3.74. The average molecular weight is 199 g/mol. The third kappa shape index (κ3) is 1.57. The summed E-state index contributed by atoms with van der Waals surface area (Å²) in [4.78, 5) is 23.9. The second-order valence-electron chi connectivity index (χ2n) is 3.35. The van der Waals surface area contributed by atoms with Gasteiger partial charge in [0.1, 0.15) is 5.57 Å². The van der Waals surface area contributed by atoms with Gasteiger partial charge in [0.2, 0.25) is 0 Å². The molecule has 0 unspecified atom stereocenters. The van der Waals surface area contributed by atoms with Crippen LogP contribution in [0.3, 0.4) is 0 Å². The van der Waals surface area contributed by atoms with Gasteiger partial charge in [0.25, 0.3) is 5.91 Å². The van der Waals surface area contributed by atoms with Crippen LogP contribution in [0.2, 0.25) is 0 Å². The Bertz CT molecular complexity index is 306. The van der Waals surface area contributed by atoms with E-state index in [4.69, 9.17) is 0 Å². The van der Waals surface area contributed by atoms with Gasteiger partial charge in [0, 0.05) is 6.04 Å². The number of nitrogens with zero attached hydrogens (tertiary/aromatic N) is 1. The van der Waals surface area contributed by atoms with E-state index in [-0.39, 0.29) is 18.2 Å². The predicted octanol–water partition coefficient (Wildman–Crippen LogP) is 0.222. The van der Waals surface area contributed by atoms with Crippen molar-refractivity contribution in [1.29, 1.82) is 0 Å². The summed E-state index contributed by atoms with van der Waals surface area (Å²) in [6, 6.07) is -0.0493. The van der Waals surface area contributed by atoms with Crippen LogP contribution in [0.1, 0.15) is 13.8 Å². The summed E-state index contributed by atoms with van der Waals surface area (Å²) in [5.74, 6) is -1.66. The lowest BCUT2D eigenvalue weighted by atomic mass is 10.2. The van der Waals surface area contributed by atoms with Crippen molar-refractivity contribution in [3.05, 3.63) is 11.3 Å². The molecule has 1 rings (SSSR count). The first-order valence-electron chi connectivity index (χ1n) is 4.30. The van der Waals surface area contributed by atoms with E-state index in [1.807, 2.05) is 13.8 Å². The van der Waals surface area contributed by atoms with Gasteiger partial charge < -0.3 is 14.7 Å². The molecule has 1 amide bonds. The fraction of sp³-hybridized carbons (Fsp3) is 0.556. The zero-order chi connectivity index (χ0) is 10.9. The van der Waals surface area contributed by atoms with Crippen molar-refractivity contribution in [1.82, 2.24) is 4.90 Å². The van der Waals surface area contributed by atoms with Crippen LogP contribution in [0.25, 0.3) is 0 Å². The van der Waals surface area contributed by atoms with E-state index in [9.17, 15) is 14.7 Å². The summed E-state index contributed by atoms with van der Waals surface area (Å²) in [7, 11) is 1.21. The van der Waals surface area contributed by atoms with Gasteiger partial charge in [-0.3, -0.25) is 4.79 Å². The Hall–Kier alpha value is -1.52. The Balaban J connectivity index is 2.91. The highest BCUT2D eigenvalue weighted by atomic mass is 16.5. The second kappa shape index (κ2) is 3.69. The van der Waals surface area contributed by atoms with E-state index in [0.717, 1.165) is 0 Å². The molecule has 5 nitrogen and oxygen atoms in total. The maximum Gasteiger partial charge on any atom is 0.339 e. The molecule has 1 aliphatic rings. The van der Waals surface area contributed by atoms with Gasteiger partial charge in [-0.1, -0.05) is 0 Å². The van der Waals surface area contributed by atoms with Crippen LogP contribution in [0, 0.1) is 0 Å². The van der Waals surface area contributed by atoms with Crippen LogP contribution in [0.4, 0.5) is 0 Å². The van der Waals surface area contributed by atoms with Crippen molar-refractivity contribution < 1.29 is 19.4 Å². The van der Waals surface area contributed by atoms with Crippen LogP contribution in [0.5, 0.6) is 0 Å². The van der Waals surface area contributed by atoms with Crippen LogP contribution >= 0.6 is 0 Å². The first-order valence-corrected chi connectivity index (χ1v) is 4.30. The van der Waals surface area contributed by atoms with Crippen LogP contribution in [-0.4, -0.2) is 41.6 Å². The third-order valence-electron chi connectivity index (χ3n) is 2.13. The maximum atomic E-state index is 11.4. The first-order chi connectivity index (χ1) is 6.49. The normalized spacial score (nSPS) is 16.9. The monoisotopic (exact) mass is 199 g/mol. The quantitative estimate of drug-likeness (QED) is 0.646. The highest BCUT2D eigenvalue weighted by molar-refractivity contribution is 6.05. The minimum absolute atomic E-state index is 0.0335. The van der Waals surface area contributed by atoms with Crippen molar-refractivity contribution in [3.8, 4) is 0 Å². The van der Waals surface area contributed by atoms with E-state index in [1.165, 1.54) is 12.0 Å². The second-order valence-corrected chi connectivity index (χ2v) is 3.35. The van der Waals surface area contributed by atoms with Crippen molar-refractivity contribution in [2.75, 3.05) is 13.7 Å². The Morgan fingerprint density at radius 2 is 2.14 bits per heavy atom. The van der Waals surface area contributed by atoms with E-state index >= 15 is 0 Å². The molecule has 14 heavy (non-hydrogen) atoms. The lowest BCUT2D eigenvalue weighted by molar-refractivity contribution is -0.136. The topological polar surface area (TPSA) is 66.8 Å². The molecule has 0 saturated heterocycles. The number of hydrogen-bond donors (Lipinski definition) is 1. The summed E-state index contributed by atoms with van der Waals surface area (Å²) >= 11 is 0. The largest absolute Gasteiger partial charge is 0.503 e. The number of amides is 1. The molecule has 0 aliphatic carbocycles. The fourth-order valence-corrected chi connectivity index (χ4v) is 1.28. The summed E-state index contributed by atoms with van der Waals surface area (Å²) in [6.07, 6.45) is 0. The van der Waals surface area contributed by atoms with Gasteiger partial charge in [-0.05, 0) is 13.8 Å². The van der Waals surface area contributed by atoms with Crippen molar-refractivity contribution in [2.24, 2.45) is 0 Å². The molecule has 0 spiro atoms. The minimum atomic E-state index is -0.654. The van der Waals surface area contributed by atoms with E-state index in [2.05, 4.69) is 4.74 Å². The Kier molecular flexibility index (Phi) is 2.78. The number of rotatable bonds is 2. The first kappa shape index (κ1) is 10.6. The molecule has 0 aromatic carbocycles. The Morgan fingerprint density at radius 3 is 2.50 bits per heavy atom. The molecule has 0 fully saturated rings. The molecule has 0 saturated carbocycles. The predicted molar refractivity (Wildman–Crippen MR) is 48.5 cm³/mol. The number of carbonyl (C=O) groups is 2. The van der Waals surface area contributed by atoms with Crippen LogP contribution < -0.4 is 0 Å². The minimum Gasteiger partial charge on any atom is -0.503 e. The van der Waals surface area contributed by atoms with Gasteiger partial charge in [-0.25, -0.2) is 4.79 Å². The van der Waals surface area contributed by atoms with Crippen molar-refractivity contribution >= 4 is 11.9 Å². The van der Waals surface area contributed by atoms with E-state index < -0.39 is 17.6 Å². The van der Waals surface area contributed by atoms with Crippen molar-refractivity contribution in [2.45, 2.75) is 19.9 Å². The van der Waals surface area contributed by atoms with Gasteiger partial charge in [0.15, 0.2) is 5.76 Å². The number of carbonyl (C=O) groups excluding carboxylic acids is 2. The molecule has 5 heteroatoms. The third-order valence-corrected chi connectivity index (χ3v) is 2.13. The molecule has 0 atom stereocenters. The number of methoxy groups -OCH3 is 1. The lowest BCUT2D eigenvalue weighted by Crippen LogP contribution is -2.34. The summed E-state index contributed by atoms with van der Waals surface area (Å²) in [5, 5.41) is 9.37. The number of aliphatic hydroxyl groups excluding tert-OH is 1. The number of ether oxygens (including phenoxy) is 1. The Morgan fingerprint density at radius 1 is 1.57 bits per heavy atom. The molecule has 78 valence electrons.